The zero-order chi connectivity index (χ0) is 15.1. The topological polar surface area (TPSA) is 30.8 Å². The molecule has 114 valence electrons. The highest BCUT2D eigenvalue weighted by Crippen LogP contribution is 2.16. The first-order chi connectivity index (χ1) is 8.52. The molecule has 0 N–H and O–H groups in total. The van der Waals surface area contributed by atoms with Crippen LogP contribution in [0, 0.1) is 5.92 Å². The highest BCUT2D eigenvalue weighted by molar-refractivity contribution is 5.73. The van der Waals surface area contributed by atoms with E-state index in [-0.39, 0.29) is 11.2 Å². The molecule has 0 aromatic heterocycles. The summed E-state index contributed by atoms with van der Waals surface area (Å²) in [6.07, 6.45) is 2.02. The third-order valence-corrected chi connectivity index (χ3v) is 2.69. The van der Waals surface area contributed by atoms with Crippen LogP contribution in [0.4, 0.5) is 0 Å². The molecule has 0 aliphatic heterocycles. The Morgan fingerprint density at radius 2 is 1.68 bits per heavy atom. The normalized spacial score (nSPS) is 14.1. The molecule has 0 bridgehead atoms. The van der Waals surface area contributed by atoms with Crippen LogP contribution in [0.25, 0.3) is 0 Å². The second kappa shape index (κ2) is 7.88. The van der Waals surface area contributed by atoms with Crippen LogP contribution in [0.3, 0.4) is 0 Å². The smallest absolute Gasteiger partial charge is 0.180 e. The van der Waals surface area contributed by atoms with Gasteiger partial charge in [-0.25, -0.2) is 0 Å². The van der Waals surface area contributed by atoms with E-state index in [0.717, 1.165) is 31.9 Å². The van der Waals surface area contributed by atoms with Gasteiger partial charge >= 0.3 is 0 Å². The van der Waals surface area contributed by atoms with Crippen LogP contribution in [0.5, 0.6) is 0 Å². The highest BCUT2D eigenvalue weighted by Gasteiger charge is 2.18. The number of hydrogen-bond donors (Lipinski definition) is 0. The molecular formula is C16H33NO2. The lowest BCUT2D eigenvalue weighted by atomic mass is 10.1. The minimum atomic E-state index is -0.170. The first kappa shape index (κ1) is 18.4. The van der Waals surface area contributed by atoms with Gasteiger partial charge in [0, 0.05) is 20.1 Å². The van der Waals surface area contributed by atoms with Crippen LogP contribution in [-0.4, -0.2) is 30.3 Å². The van der Waals surface area contributed by atoms with Gasteiger partial charge in [0.05, 0.1) is 5.60 Å². The van der Waals surface area contributed by atoms with Gasteiger partial charge in [-0.15, -0.1) is 0 Å². The summed E-state index contributed by atoms with van der Waals surface area (Å²) in [5.41, 5.74) is -0.280. The molecule has 0 rings (SSSR count). The average Bonchev–Trinajstić information content (AvgIpc) is 2.12. The van der Waals surface area contributed by atoms with Crippen LogP contribution in [0.2, 0.25) is 0 Å². The predicted molar refractivity (Wildman–Crippen MR) is 82.9 cm³/mol. The standard InChI is InChI=1S/C16H33NO2/c1-13(2)9-12-18-16(7,8)10-11-17-14(3)19-15(4,5)6/h13H,9-12H2,1-8H3. The third kappa shape index (κ3) is 12.2. The van der Waals surface area contributed by atoms with E-state index in [9.17, 15) is 0 Å². The van der Waals surface area contributed by atoms with Crippen LogP contribution in [0.1, 0.15) is 68.2 Å². The Morgan fingerprint density at radius 1 is 1.11 bits per heavy atom. The summed E-state index contributed by atoms with van der Waals surface area (Å²) in [5.74, 6) is 1.45. The first-order valence-corrected chi connectivity index (χ1v) is 7.36. The predicted octanol–water partition coefficient (Wildman–Crippen LogP) is 4.45. The molecule has 0 aliphatic carbocycles. The van der Waals surface area contributed by atoms with E-state index in [1.165, 1.54) is 0 Å². The molecule has 0 saturated heterocycles. The molecule has 0 heterocycles. The maximum atomic E-state index is 5.91. The molecule has 0 saturated carbocycles. The molecule has 3 heteroatoms. The number of nitrogens with zero attached hydrogens (tertiary/aromatic N) is 1. The number of hydrogen-bond acceptors (Lipinski definition) is 3. The largest absolute Gasteiger partial charge is 0.476 e. The fraction of sp³-hybridized carbons (Fsp3) is 0.938. The van der Waals surface area contributed by atoms with E-state index in [1.54, 1.807) is 0 Å². The highest BCUT2D eigenvalue weighted by atomic mass is 16.5. The van der Waals surface area contributed by atoms with Gasteiger partial charge in [-0.1, -0.05) is 13.8 Å². The Kier molecular flexibility index (Phi) is 7.65. The first-order valence-electron chi connectivity index (χ1n) is 7.36. The second-order valence-corrected chi connectivity index (χ2v) is 7.16. The molecule has 0 unspecified atom stereocenters. The van der Waals surface area contributed by atoms with E-state index in [0.29, 0.717) is 5.92 Å². The minimum absolute atomic E-state index is 0.111. The average molecular weight is 271 g/mol. The molecule has 0 amide bonds. The summed E-state index contributed by atoms with van der Waals surface area (Å²) < 4.78 is 11.6. The summed E-state index contributed by atoms with van der Waals surface area (Å²) in [5, 5.41) is 0. The van der Waals surface area contributed by atoms with Crippen molar-refractivity contribution in [2.45, 2.75) is 79.4 Å². The van der Waals surface area contributed by atoms with Gasteiger partial charge in [0.25, 0.3) is 0 Å². The van der Waals surface area contributed by atoms with Crippen molar-refractivity contribution in [3.63, 3.8) is 0 Å². The molecule has 19 heavy (non-hydrogen) atoms. The van der Waals surface area contributed by atoms with Crippen molar-refractivity contribution < 1.29 is 9.47 Å². The quantitative estimate of drug-likeness (QED) is 0.506. The molecule has 0 aromatic rings. The van der Waals surface area contributed by atoms with Crippen molar-refractivity contribution in [2.24, 2.45) is 10.9 Å². The Bertz CT molecular complexity index is 275. The van der Waals surface area contributed by atoms with E-state index in [4.69, 9.17) is 9.47 Å². The zero-order valence-corrected chi connectivity index (χ0v) is 14.2. The van der Waals surface area contributed by atoms with E-state index < -0.39 is 0 Å². The molecule has 3 nitrogen and oxygen atoms in total. The summed E-state index contributed by atoms with van der Waals surface area (Å²) in [7, 11) is 0. The Labute approximate surface area is 119 Å². The third-order valence-electron chi connectivity index (χ3n) is 2.69. The fourth-order valence-electron chi connectivity index (χ4n) is 1.60. The second-order valence-electron chi connectivity index (χ2n) is 7.16. The monoisotopic (exact) mass is 271 g/mol. The summed E-state index contributed by atoms with van der Waals surface area (Å²) in [4.78, 5) is 4.45. The van der Waals surface area contributed by atoms with E-state index in [1.807, 2.05) is 27.7 Å². The number of ether oxygens (including phenoxy) is 2. The van der Waals surface area contributed by atoms with Crippen LogP contribution in [-0.2, 0) is 9.47 Å². The van der Waals surface area contributed by atoms with Gasteiger partial charge < -0.3 is 9.47 Å². The van der Waals surface area contributed by atoms with Gasteiger partial charge in [-0.3, -0.25) is 4.99 Å². The zero-order valence-electron chi connectivity index (χ0n) is 14.2. The lowest BCUT2D eigenvalue weighted by molar-refractivity contribution is -0.0259. The Hall–Kier alpha value is -0.570. The van der Waals surface area contributed by atoms with Crippen LogP contribution >= 0.6 is 0 Å². The molecule has 0 aliphatic rings. The number of rotatable bonds is 7. The summed E-state index contributed by atoms with van der Waals surface area (Å²) in [6.45, 7) is 18.3. The van der Waals surface area contributed by atoms with Crippen LogP contribution < -0.4 is 0 Å². The maximum Gasteiger partial charge on any atom is 0.180 e. The molecule has 0 spiro atoms. The Morgan fingerprint density at radius 3 is 2.16 bits per heavy atom. The molecule has 0 radical (unpaired) electrons. The molecular weight excluding hydrogens is 238 g/mol. The fourth-order valence-corrected chi connectivity index (χ4v) is 1.60. The van der Waals surface area contributed by atoms with Crippen molar-refractivity contribution in [2.75, 3.05) is 13.2 Å². The molecule has 0 atom stereocenters. The van der Waals surface area contributed by atoms with Gasteiger partial charge in [0.15, 0.2) is 5.90 Å². The van der Waals surface area contributed by atoms with Crippen molar-refractivity contribution >= 4 is 5.90 Å². The van der Waals surface area contributed by atoms with Gasteiger partial charge in [0.2, 0.25) is 0 Å². The lowest BCUT2D eigenvalue weighted by Crippen LogP contribution is -2.27. The number of aliphatic imine (C=N–C) groups is 1. The van der Waals surface area contributed by atoms with Gasteiger partial charge in [-0.2, -0.15) is 0 Å². The Balaban J connectivity index is 3.99. The van der Waals surface area contributed by atoms with Crippen molar-refractivity contribution in [3.8, 4) is 0 Å². The molecule has 0 aromatic carbocycles. The minimum Gasteiger partial charge on any atom is -0.476 e. The van der Waals surface area contributed by atoms with E-state index in [2.05, 4.69) is 32.7 Å². The van der Waals surface area contributed by atoms with Gasteiger partial charge in [-0.05, 0) is 53.4 Å². The van der Waals surface area contributed by atoms with Crippen molar-refractivity contribution in [1.29, 1.82) is 0 Å². The maximum absolute atomic E-state index is 5.91. The SMILES string of the molecule is CC(=NCCC(C)(C)OCCC(C)C)OC(C)(C)C. The summed E-state index contributed by atoms with van der Waals surface area (Å²) >= 11 is 0. The summed E-state index contributed by atoms with van der Waals surface area (Å²) in [6, 6.07) is 0. The lowest BCUT2D eigenvalue weighted by Gasteiger charge is -2.25. The van der Waals surface area contributed by atoms with E-state index >= 15 is 0 Å². The van der Waals surface area contributed by atoms with Crippen molar-refractivity contribution in [3.05, 3.63) is 0 Å². The van der Waals surface area contributed by atoms with Gasteiger partial charge in [0.1, 0.15) is 5.60 Å². The van der Waals surface area contributed by atoms with Crippen LogP contribution in [0.15, 0.2) is 4.99 Å². The van der Waals surface area contributed by atoms with Crippen molar-refractivity contribution in [1.82, 2.24) is 0 Å². The molecule has 0 fully saturated rings.